The summed E-state index contributed by atoms with van der Waals surface area (Å²) in [5.74, 6) is 1.52. The van der Waals surface area contributed by atoms with Gasteiger partial charge in [0, 0.05) is 32.2 Å². The van der Waals surface area contributed by atoms with Gasteiger partial charge in [-0.3, -0.25) is 4.79 Å². The summed E-state index contributed by atoms with van der Waals surface area (Å²) in [4.78, 5) is 20.8. The van der Waals surface area contributed by atoms with Crippen LogP contribution in [0.2, 0.25) is 0 Å². The van der Waals surface area contributed by atoms with Crippen molar-refractivity contribution in [1.82, 2.24) is 20.1 Å². The molecule has 1 saturated heterocycles. The number of piperazine rings is 1. The molecule has 0 radical (unpaired) electrons. The van der Waals surface area contributed by atoms with Crippen LogP contribution in [0.3, 0.4) is 0 Å². The van der Waals surface area contributed by atoms with Gasteiger partial charge in [0.2, 0.25) is 5.95 Å². The van der Waals surface area contributed by atoms with Crippen molar-refractivity contribution in [2.45, 2.75) is 13.0 Å². The Morgan fingerprint density at radius 3 is 2.61 bits per heavy atom. The van der Waals surface area contributed by atoms with Gasteiger partial charge in [-0.1, -0.05) is 30.3 Å². The Kier molecular flexibility index (Phi) is 5.18. The summed E-state index contributed by atoms with van der Waals surface area (Å²) in [6.45, 7) is 4.54. The summed E-state index contributed by atoms with van der Waals surface area (Å²) in [6.07, 6.45) is 3.14. The number of benzene rings is 1. The molecule has 0 saturated carbocycles. The van der Waals surface area contributed by atoms with E-state index in [4.69, 9.17) is 4.42 Å². The maximum Gasteiger partial charge on any atom is 0.289 e. The molecule has 2 aromatic heterocycles. The van der Waals surface area contributed by atoms with Crippen LogP contribution in [-0.2, 0) is 0 Å². The molecular weight excluding hydrogens is 356 g/mol. The van der Waals surface area contributed by atoms with Crippen LogP contribution in [0.4, 0.5) is 11.8 Å². The first kappa shape index (κ1) is 18.0. The van der Waals surface area contributed by atoms with Gasteiger partial charge in [-0.25, -0.2) is 0 Å². The van der Waals surface area contributed by atoms with Gasteiger partial charge >= 0.3 is 0 Å². The van der Waals surface area contributed by atoms with Crippen molar-refractivity contribution in [2.24, 2.45) is 0 Å². The predicted octanol–water partition coefficient (Wildman–Crippen LogP) is 2.60. The summed E-state index contributed by atoms with van der Waals surface area (Å²) in [7, 11) is 0. The molecule has 1 aliphatic heterocycles. The molecule has 3 aromatic rings. The maximum absolute atomic E-state index is 12.4. The summed E-state index contributed by atoms with van der Waals surface area (Å²) in [5, 5.41) is 11.6. The van der Waals surface area contributed by atoms with Crippen molar-refractivity contribution in [2.75, 3.05) is 36.4 Å². The van der Waals surface area contributed by atoms with Gasteiger partial charge in [0.05, 0.1) is 12.5 Å². The quantitative estimate of drug-likeness (QED) is 0.730. The summed E-state index contributed by atoms with van der Waals surface area (Å²) in [6, 6.07) is 13.7. The molecule has 0 aliphatic carbocycles. The molecule has 1 fully saturated rings. The number of nitrogens with one attached hydrogen (secondary N) is 1. The molecule has 1 aliphatic rings. The number of amides is 1. The third kappa shape index (κ3) is 3.95. The lowest BCUT2D eigenvalue weighted by Crippen LogP contribution is -2.49. The van der Waals surface area contributed by atoms with Crippen LogP contribution in [-0.4, -0.2) is 52.2 Å². The van der Waals surface area contributed by atoms with Crippen LogP contribution < -0.4 is 10.2 Å². The second kappa shape index (κ2) is 8.08. The van der Waals surface area contributed by atoms with Crippen LogP contribution in [0.15, 0.2) is 59.3 Å². The number of hydrogen-bond donors (Lipinski definition) is 1. The molecule has 1 N–H and O–H groups in total. The monoisotopic (exact) mass is 378 g/mol. The highest BCUT2D eigenvalue weighted by atomic mass is 16.3. The van der Waals surface area contributed by atoms with Gasteiger partial charge in [0.25, 0.3) is 5.91 Å². The van der Waals surface area contributed by atoms with E-state index in [1.807, 2.05) is 23.1 Å². The lowest BCUT2D eigenvalue weighted by molar-refractivity contribution is 0.0714. The largest absolute Gasteiger partial charge is 0.459 e. The zero-order chi connectivity index (χ0) is 19.3. The molecule has 0 bridgehead atoms. The fourth-order valence-electron chi connectivity index (χ4n) is 3.21. The molecule has 1 unspecified atom stereocenters. The number of carbonyl (C=O) groups is 1. The van der Waals surface area contributed by atoms with Crippen LogP contribution in [0.5, 0.6) is 0 Å². The highest BCUT2D eigenvalue weighted by molar-refractivity contribution is 5.91. The average Bonchev–Trinajstić information content (AvgIpc) is 3.29. The van der Waals surface area contributed by atoms with Crippen LogP contribution in [0.1, 0.15) is 29.1 Å². The molecule has 1 aromatic carbocycles. The Labute approximate surface area is 163 Å². The summed E-state index contributed by atoms with van der Waals surface area (Å²) >= 11 is 0. The number of furan rings is 1. The van der Waals surface area contributed by atoms with Crippen LogP contribution >= 0.6 is 0 Å². The fourth-order valence-corrected chi connectivity index (χ4v) is 3.21. The highest BCUT2D eigenvalue weighted by Gasteiger charge is 2.25. The Balaban J connectivity index is 1.38. The minimum atomic E-state index is -0.0872. The Morgan fingerprint density at radius 1 is 1.11 bits per heavy atom. The second-order valence-corrected chi connectivity index (χ2v) is 6.67. The van der Waals surface area contributed by atoms with Crippen molar-refractivity contribution in [3.05, 3.63) is 66.2 Å². The number of nitrogens with zero attached hydrogens (tertiary/aromatic N) is 5. The molecular formula is C20H22N6O2. The summed E-state index contributed by atoms with van der Waals surface area (Å²) < 4.78 is 5.20. The van der Waals surface area contributed by atoms with E-state index in [1.165, 1.54) is 11.8 Å². The summed E-state index contributed by atoms with van der Waals surface area (Å²) in [5.41, 5.74) is 1.17. The molecule has 1 amide bonds. The van der Waals surface area contributed by atoms with E-state index in [2.05, 4.69) is 39.6 Å². The molecule has 8 nitrogen and oxygen atoms in total. The van der Waals surface area contributed by atoms with E-state index in [0.717, 1.165) is 0 Å². The number of aromatic nitrogens is 3. The third-order valence-electron chi connectivity index (χ3n) is 4.79. The smallest absolute Gasteiger partial charge is 0.289 e. The van der Waals surface area contributed by atoms with Gasteiger partial charge in [-0.15, -0.1) is 5.10 Å². The Hall–Kier alpha value is -3.42. The predicted molar refractivity (Wildman–Crippen MR) is 105 cm³/mol. The zero-order valence-corrected chi connectivity index (χ0v) is 15.7. The SMILES string of the molecule is CC(Nc1cnnc(N2CCN(C(=O)c3ccco3)CC2)n1)c1ccccc1. The van der Waals surface area contributed by atoms with E-state index in [1.54, 1.807) is 23.2 Å². The Bertz CT molecular complexity index is 907. The van der Waals surface area contributed by atoms with Gasteiger partial charge in [-0.05, 0) is 24.6 Å². The van der Waals surface area contributed by atoms with Crippen LogP contribution in [0.25, 0.3) is 0 Å². The van der Waals surface area contributed by atoms with Crippen LogP contribution in [0, 0.1) is 0 Å². The molecule has 3 heterocycles. The van der Waals surface area contributed by atoms with Crippen molar-refractivity contribution in [1.29, 1.82) is 0 Å². The van der Waals surface area contributed by atoms with Gasteiger partial charge in [-0.2, -0.15) is 10.1 Å². The number of anilines is 2. The van der Waals surface area contributed by atoms with E-state index in [-0.39, 0.29) is 11.9 Å². The Morgan fingerprint density at radius 2 is 1.89 bits per heavy atom. The first-order chi connectivity index (χ1) is 13.7. The lowest BCUT2D eigenvalue weighted by atomic mass is 10.1. The first-order valence-electron chi connectivity index (χ1n) is 9.29. The normalized spacial score (nSPS) is 15.3. The van der Waals surface area contributed by atoms with Gasteiger partial charge in [0.15, 0.2) is 11.6 Å². The highest BCUT2D eigenvalue weighted by Crippen LogP contribution is 2.19. The minimum Gasteiger partial charge on any atom is -0.459 e. The van der Waals surface area contributed by atoms with E-state index >= 15 is 0 Å². The molecule has 1 atom stereocenters. The standard InChI is InChI=1S/C20H22N6O2/c1-15(16-6-3-2-4-7-16)22-18-14-21-24-20(23-18)26-11-9-25(10-12-26)19(27)17-8-5-13-28-17/h2-8,13-15H,9-12H2,1H3,(H,22,23,24). The molecule has 0 spiro atoms. The first-order valence-corrected chi connectivity index (χ1v) is 9.29. The van der Waals surface area contributed by atoms with Crippen molar-refractivity contribution < 1.29 is 9.21 Å². The fraction of sp³-hybridized carbons (Fsp3) is 0.300. The molecule has 8 heteroatoms. The number of carbonyl (C=O) groups excluding carboxylic acids is 1. The molecule has 4 rings (SSSR count). The number of rotatable bonds is 5. The topological polar surface area (TPSA) is 87.4 Å². The zero-order valence-electron chi connectivity index (χ0n) is 15.7. The molecule has 28 heavy (non-hydrogen) atoms. The third-order valence-corrected chi connectivity index (χ3v) is 4.79. The van der Waals surface area contributed by atoms with Gasteiger partial charge < -0.3 is 19.5 Å². The minimum absolute atomic E-state index is 0.0872. The molecule has 144 valence electrons. The maximum atomic E-state index is 12.4. The number of hydrogen-bond acceptors (Lipinski definition) is 7. The van der Waals surface area contributed by atoms with E-state index in [9.17, 15) is 4.79 Å². The van der Waals surface area contributed by atoms with E-state index < -0.39 is 0 Å². The van der Waals surface area contributed by atoms with E-state index in [0.29, 0.717) is 43.7 Å². The second-order valence-electron chi connectivity index (χ2n) is 6.67. The van der Waals surface area contributed by atoms with Crippen molar-refractivity contribution in [3.8, 4) is 0 Å². The average molecular weight is 378 g/mol. The van der Waals surface area contributed by atoms with Crippen molar-refractivity contribution in [3.63, 3.8) is 0 Å². The van der Waals surface area contributed by atoms with Crippen molar-refractivity contribution >= 4 is 17.7 Å². The van der Waals surface area contributed by atoms with Gasteiger partial charge in [0.1, 0.15) is 0 Å². The lowest BCUT2D eigenvalue weighted by Gasteiger charge is -2.34.